The molecule has 1 heterocycles. The number of nitro benzene ring substituents is 1. The van der Waals surface area contributed by atoms with Crippen LogP contribution >= 0.6 is 0 Å². The van der Waals surface area contributed by atoms with Crippen LogP contribution in [0, 0.1) is 17.0 Å². The van der Waals surface area contributed by atoms with Gasteiger partial charge < -0.3 is 5.21 Å². The summed E-state index contributed by atoms with van der Waals surface area (Å²) in [4.78, 5) is 11.7. The number of oxime groups is 1. The summed E-state index contributed by atoms with van der Waals surface area (Å²) in [5.74, 6) is 0. The Labute approximate surface area is 160 Å². The van der Waals surface area contributed by atoms with Gasteiger partial charge in [0.05, 0.1) is 22.0 Å². The van der Waals surface area contributed by atoms with Gasteiger partial charge >= 0.3 is 0 Å². The maximum absolute atomic E-state index is 10.7. The number of hydrogen-bond acceptors (Lipinski definition) is 8. The summed E-state index contributed by atoms with van der Waals surface area (Å²) in [5.41, 5.74) is 5.64. The number of nitrogens with one attached hydrogen (secondary N) is 1. The molecule has 0 saturated carbocycles. The number of non-ortho nitro benzene ring substituents is 1. The SMILES string of the molecule is CC(=N\O)/C(=N\Nc1ccc([N+](=O)[O-])cc1)c1nn(-c2ccccc2)nc1C. The Balaban J connectivity index is 1.93. The van der Waals surface area contributed by atoms with Crippen LogP contribution in [0.5, 0.6) is 0 Å². The Hall–Kier alpha value is -4.08. The van der Waals surface area contributed by atoms with Gasteiger partial charge in [0.25, 0.3) is 5.69 Å². The summed E-state index contributed by atoms with van der Waals surface area (Å²) in [7, 11) is 0. The van der Waals surface area contributed by atoms with Crippen LogP contribution in [0.2, 0.25) is 0 Å². The summed E-state index contributed by atoms with van der Waals surface area (Å²) in [5, 5.41) is 36.3. The second-order valence-electron chi connectivity index (χ2n) is 5.82. The van der Waals surface area contributed by atoms with Crippen LogP contribution in [-0.2, 0) is 0 Å². The zero-order valence-electron chi connectivity index (χ0n) is 15.1. The lowest BCUT2D eigenvalue weighted by atomic mass is 10.1. The third-order valence-electron chi connectivity index (χ3n) is 3.86. The van der Waals surface area contributed by atoms with E-state index >= 15 is 0 Å². The molecular weight excluding hydrogens is 362 g/mol. The molecule has 2 aromatic carbocycles. The Morgan fingerprint density at radius 3 is 2.43 bits per heavy atom. The highest BCUT2D eigenvalue weighted by atomic mass is 16.6. The predicted octanol–water partition coefficient (Wildman–Crippen LogP) is 3.15. The molecule has 0 aliphatic heterocycles. The topological polar surface area (TPSA) is 131 Å². The molecule has 0 unspecified atom stereocenters. The molecule has 0 aliphatic rings. The Morgan fingerprint density at radius 2 is 1.82 bits per heavy atom. The molecule has 0 saturated heterocycles. The molecule has 28 heavy (non-hydrogen) atoms. The lowest BCUT2D eigenvalue weighted by molar-refractivity contribution is -0.384. The van der Waals surface area contributed by atoms with Crippen LogP contribution in [0.25, 0.3) is 5.69 Å². The van der Waals surface area contributed by atoms with Gasteiger partial charge in [-0.25, -0.2) is 0 Å². The minimum atomic E-state index is -0.480. The molecule has 0 atom stereocenters. The van der Waals surface area contributed by atoms with Gasteiger partial charge in [0, 0.05) is 12.1 Å². The van der Waals surface area contributed by atoms with E-state index in [2.05, 4.69) is 25.9 Å². The van der Waals surface area contributed by atoms with Crippen molar-refractivity contribution in [3.8, 4) is 5.69 Å². The fourth-order valence-electron chi connectivity index (χ4n) is 2.41. The predicted molar refractivity (Wildman–Crippen MR) is 104 cm³/mol. The first-order valence-electron chi connectivity index (χ1n) is 8.26. The summed E-state index contributed by atoms with van der Waals surface area (Å²) in [6, 6.07) is 15.1. The number of hydrazone groups is 1. The first-order chi connectivity index (χ1) is 13.5. The van der Waals surface area contributed by atoms with E-state index < -0.39 is 4.92 Å². The third-order valence-corrected chi connectivity index (χ3v) is 3.86. The van der Waals surface area contributed by atoms with Crippen molar-refractivity contribution in [3.05, 3.63) is 76.1 Å². The molecule has 10 heteroatoms. The van der Waals surface area contributed by atoms with Crippen molar-refractivity contribution in [3.63, 3.8) is 0 Å². The number of hydrogen-bond donors (Lipinski definition) is 2. The highest BCUT2D eigenvalue weighted by molar-refractivity contribution is 6.47. The number of rotatable bonds is 6. The first kappa shape index (κ1) is 18.7. The zero-order chi connectivity index (χ0) is 20.1. The molecule has 2 N–H and O–H groups in total. The van der Waals surface area contributed by atoms with Gasteiger partial charge in [-0.15, -0.1) is 5.10 Å². The number of benzene rings is 2. The maximum Gasteiger partial charge on any atom is 0.269 e. The van der Waals surface area contributed by atoms with E-state index in [4.69, 9.17) is 0 Å². The number of anilines is 1. The molecule has 0 bridgehead atoms. The number of aryl methyl sites for hydroxylation is 1. The molecule has 3 rings (SSSR count). The molecule has 1 aromatic heterocycles. The van der Waals surface area contributed by atoms with Gasteiger partial charge in [-0.3, -0.25) is 15.5 Å². The second-order valence-corrected chi connectivity index (χ2v) is 5.82. The van der Waals surface area contributed by atoms with Crippen molar-refractivity contribution in [2.24, 2.45) is 10.3 Å². The largest absolute Gasteiger partial charge is 0.411 e. The molecular formula is C18H17N7O3. The van der Waals surface area contributed by atoms with E-state index in [0.29, 0.717) is 22.8 Å². The molecule has 10 nitrogen and oxygen atoms in total. The fraction of sp³-hybridized carbons (Fsp3) is 0.111. The van der Waals surface area contributed by atoms with Crippen molar-refractivity contribution in [1.29, 1.82) is 0 Å². The smallest absolute Gasteiger partial charge is 0.269 e. The van der Waals surface area contributed by atoms with Gasteiger partial charge in [0.15, 0.2) is 0 Å². The first-order valence-corrected chi connectivity index (χ1v) is 8.26. The molecule has 0 aliphatic carbocycles. The summed E-state index contributed by atoms with van der Waals surface area (Å²) < 4.78 is 0. The fourth-order valence-corrected chi connectivity index (χ4v) is 2.41. The molecule has 142 valence electrons. The van der Waals surface area contributed by atoms with E-state index in [0.717, 1.165) is 5.69 Å². The Kier molecular flexibility index (Phi) is 5.40. The van der Waals surface area contributed by atoms with Gasteiger partial charge in [0.2, 0.25) is 0 Å². The van der Waals surface area contributed by atoms with Crippen LogP contribution < -0.4 is 5.43 Å². The molecule has 0 fully saturated rings. The van der Waals surface area contributed by atoms with Crippen LogP contribution in [-0.4, -0.2) is 36.5 Å². The van der Waals surface area contributed by atoms with Crippen LogP contribution in [0.3, 0.4) is 0 Å². The summed E-state index contributed by atoms with van der Waals surface area (Å²) >= 11 is 0. The number of nitro groups is 1. The standard InChI is InChI=1S/C18H17N7O3/c1-12-18(22-24(21-12)15-6-4-3-5-7-15)17(13(2)23-26)20-19-14-8-10-16(11-9-14)25(27)28/h3-11,19,26H,1-2H3/b20-17+,23-13+. The van der Waals surface area contributed by atoms with Crippen molar-refractivity contribution in [2.75, 3.05) is 5.43 Å². The lowest BCUT2D eigenvalue weighted by Gasteiger charge is -2.05. The van der Waals surface area contributed by atoms with Gasteiger partial charge in [0.1, 0.15) is 17.1 Å². The second kappa shape index (κ2) is 8.08. The highest BCUT2D eigenvalue weighted by Gasteiger charge is 2.18. The Morgan fingerprint density at radius 1 is 1.14 bits per heavy atom. The van der Waals surface area contributed by atoms with Gasteiger partial charge in [-0.1, -0.05) is 23.4 Å². The molecule has 0 amide bonds. The minimum Gasteiger partial charge on any atom is -0.411 e. The Bertz CT molecular complexity index is 1040. The summed E-state index contributed by atoms with van der Waals surface area (Å²) in [6.45, 7) is 3.35. The van der Waals surface area contributed by atoms with Crippen molar-refractivity contribution in [1.82, 2.24) is 15.0 Å². The lowest BCUT2D eigenvalue weighted by Crippen LogP contribution is -2.16. The highest BCUT2D eigenvalue weighted by Crippen LogP contribution is 2.16. The third kappa shape index (κ3) is 4.01. The number of nitrogens with zero attached hydrogens (tertiary/aromatic N) is 6. The van der Waals surface area contributed by atoms with Crippen molar-refractivity contribution < 1.29 is 10.1 Å². The van der Waals surface area contributed by atoms with Crippen LogP contribution in [0.15, 0.2) is 64.9 Å². The normalized spacial score (nSPS) is 12.1. The van der Waals surface area contributed by atoms with Crippen LogP contribution in [0.1, 0.15) is 18.3 Å². The van der Waals surface area contributed by atoms with E-state index in [1.54, 1.807) is 13.8 Å². The van der Waals surface area contributed by atoms with E-state index in [1.807, 2.05) is 30.3 Å². The van der Waals surface area contributed by atoms with E-state index in [1.165, 1.54) is 29.1 Å². The monoisotopic (exact) mass is 379 g/mol. The quantitative estimate of drug-likeness (QED) is 0.293. The van der Waals surface area contributed by atoms with Crippen molar-refractivity contribution in [2.45, 2.75) is 13.8 Å². The zero-order valence-corrected chi connectivity index (χ0v) is 15.1. The number of aromatic nitrogens is 3. The molecule has 0 radical (unpaired) electrons. The van der Waals surface area contributed by atoms with E-state index in [9.17, 15) is 15.3 Å². The maximum atomic E-state index is 10.7. The average molecular weight is 379 g/mol. The van der Waals surface area contributed by atoms with Crippen molar-refractivity contribution >= 4 is 22.8 Å². The number of para-hydroxylation sites is 1. The molecule has 0 spiro atoms. The minimum absolute atomic E-state index is 0.0236. The van der Waals surface area contributed by atoms with E-state index in [-0.39, 0.29) is 11.4 Å². The average Bonchev–Trinajstić information content (AvgIpc) is 3.10. The van der Waals surface area contributed by atoms with Gasteiger partial charge in [-0.2, -0.15) is 15.0 Å². The van der Waals surface area contributed by atoms with Gasteiger partial charge in [-0.05, 0) is 38.1 Å². The summed E-state index contributed by atoms with van der Waals surface area (Å²) in [6.07, 6.45) is 0. The van der Waals surface area contributed by atoms with Crippen LogP contribution in [0.4, 0.5) is 11.4 Å². The molecule has 3 aromatic rings.